The van der Waals surface area contributed by atoms with Crippen molar-refractivity contribution in [2.45, 2.75) is 52.0 Å². The highest BCUT2D eigenvalue weighted by Gasteiger charge is 2.21. The van der Waals surface area contributed by atoms with Gasteiger partial charge in [-0.1, -0.05) is 20.3 Å². The van der Waals surface area contributed by atoms with Gasteiger partial charge in [0, 0.05) is 32.6 Å². The Hall–Kier alpha value is -0.810. The molecule has 6 heteroatoms. The van der Waals surface area contributed by atoms with Crippen LogP contribution < -0.4 is 5.73 Å². The number of carbonyl (C=O) groups is 2. The quantitative estimate of drug-likeness (QED) is 0.809. The van der Waals surface area contributed by atoms with Gasteiger partial charge in [-0.25, -0.2) is 0 Å². The number of likely N-dealkylation sites (N-methyl/N-ethyl adjacent to an activating group) is 1. The van der Waals surface area contributed by atoms with Gasteiger partial charge in [-0.3, -0.25) is 9.59 Å². The second kappa shape index (κ2) is 10.0. The Balaban J connectivity index is 0.00000400. The van der Waals surface area contributed by atoms with Crippen LogP contribution in [0.3, 0.4) is 0 Å². The molecule has 1 aliphatic heterocycles. The lowest BCUT2D eigenvalue weighted by molar-refractivity contribution is -0.139. The fourth-order valence-electron chi connectivity index (χ4n) is 2.29. The highest BCUT2D eigenvalue weighted by molar-refractivity contribution is 5.85. The normalized spacial score (nSPS) is 17.2. The Morgan fingerprint density at radius 1 is 1.33 bits per heavy atom. The third kappa shape index (κ3) is 7.14. The summed E-state index contributed by atoms with van der Waals surface area (Å²) in [6.45, 7) is 5.75. The Kier molecular flexibility index (Phi) is 9.62. The Morgan fingerprint density at radius 3 is 2.62 bits per heavy atom. The molecule has 124 valence electrons. The summed E-state index contributed by atoms with van der Waals surface area (Å²) in [5.74, 6) is 0.546. The second-order valence-electron chi connectivity index (χ2n) is 6.14. The molecule has 1 aliphatic rings. The zero-order chi connectivity index (χ0) is 15.1. The Morgan fingerprint density at radius 2 is 2.00 bits per heavy atom. The van der Waals surface area contributed by atoms with E-state index in [-0.39, 0.29) is 36.8 Å². The van der Waals surface area contributed by atoms with Gasteiger partial charge in [0.2, 0.25) is 11.8 Å². The summed E-state index contributed by atoms with van der Waals surface area (Å²) in [6.07, 6.45) is 4.40. The number of halogens is 1. The summed E-state index contributed by atoms with van der Waals surface area (Å²) >= 11 is 0. The summed E-state index contributed by atoms with van der Waals surface area (Å²) in [4.78, 5) is 27.4. The van der Waals surface area contributed by atoms with Crippen LogP contribution in [0, 0.1) is 5.92 Å². The van der Waals surface area contributed by atoms with Gasteiger partial charge in [0.15, 0.2) is 0 Å². The van der Waals surface area contributed by atoms with Crippen LogP contribution in [-0.2, 0) is 9.59 Å². The van der Waals surface area contributed by atoms with E-state index in [4.69, 9.17) is 5.73 Å². The lowest BCUT2D eigenvalue weighted by atomic mass is 10.0. The molecule has 0 saturated carbocycles. The standard InChI is InChI=1S/C15H29N3O2.ClH/c1-12(2)13(16)8-10-17(3)15(20)11-18-9-6-4-5-7-14(18)19;/h12-13H,4-11,16H2,1-3H3;1H. The van der Waals surface area contributed by atoms with Crippen LogP contribution >= 0.6 is 12.4 Å². The summed E-state index contributed by atoms with van der Waals surface area (Å²) < 4.78 is 0. The molecule has 1 rings (SSSR count). The molecule has 0 radical (unpaired) electrons. The fourth-order valence-corrected chi connectivity index (χ4v) is 2.29. The second-order valence-corrected chi connectivity index (χ2v) is 6.14. The number of rotatable bonds is 6. The molecule has 5 nitrogen and oxygen atoms in total. The van der Waals surface area contributed by atoms with E-state index in [9.17, 15) is 9.59 Å². The van der Waals surface area contributed by atoms with Crippen LogP contribution in [0.4, 0.5) is 0 Å². The average Bonchev–Trinajstić information content (AvgIpc) is 2.60. The van der Waals surface area contributed by atoms with E-state index in [1.54, 1.807) is 16.8 Å². The fraction of sp³-hybridized carbons (Fsp3) is 0.867. The summed E-state index contributed by atoms with van der Waals surface area (Å²) in [6, 6.07) is 0.116. The van der Waals surface area contributed by atoms with Crippen molar-refractivity contribution in [3.63, 3.8) is 0 Å². The maximum absolute atomic E-state index is 12.1. The van der Waals surface area contributed by atoms with Crippen LogP contribution in [0.1, 0.15) is 46.0 Å². The van der Waals surface area contributed by atoms with Gasteiger partial charge >= 0.3 is 0 Å². The first-order valence-corrected chi connectivity index (χ1v) is 7.69. The minimum absolute atomic E-state index is 0. The van der Waals surface area contributed by atoms with Crippen LogP contribution in [-0.4, -0.2) is 54.3 Å². The number of nitrogens with two attached hydrogens (primary N) is 1. The monoisotopic (exact) mass is 319 g/mol. The van der Waals surface area contributed by atoms with Crippen molar-refractivity contribution >= 4 is 24.2 Å². The van der Waals surface area contributed by atoms with Crippen LogP contribution in [0.5, 0.6) is 0 Å². The van der Waals surface area contributed by atoms with Gasteiger partial charge in [0.25, 0.3) is 0 Å². The lowest BCUT2D eigenvalue weighted by Gasteiger charge is -2.25. The van der Waals surface area contributed by atoms with Gasteiger partial charge in [-0.15, -0.1) is 12.4 Å². The molecule has 21 heavy (non-hydrogen) atoms. The maximum Gasteiger partial charge on any atom is 0.241 e. The molecule has 1 atom stereocenters. The first kappa shape index (κ1) is 20.2. The maximum atomic E-state index is 12.1. The van der Waals surface area contributed by atoms with E-state index < -0.39 is 0 Å². The minimum atomic E-state index is 0. The van der Waals surface area contributed by atoms with Gasteiger partial charge in [0.1, 0.15) is 0 Å². The van der Waals surface area contributed by atoms with E-state index in [2.05, 4.69) is 13.8 Å². The van der Waals surface area contributed by atoms with Crippen molar-refractivity contribution < 1.29 is 9.59 Å². The van der Waals surface area contributed by atoms with Gasteiger partial charge in [-0.05, 0) is 25.2 Å². The van der Waals surface area contributed by atoms with E-state index in [0.29, 0.717) is 25.4 Å². The van der Waals surface area contributed by atoms with E-state index in [1.807, 2.05) is 0 Å². The van der Waals surface area contributed by atoms with Crippen molar-refractivity contribution in [2.24, 2.45) is 11.7 Å². The zero-order valence-electron chi connectivity index (χ0n) is 13.5. The smallest absolute Gasteiger partial charge is 0.241 e. The molecular weight excluding hydrogens is 290 g/mol. The average molecular weight is 320 g/mol. The largest absolute Gasteiger partial charge is 0.344 e. The van der Waals surface area contributed by atoms with Crippen LogP contribution in [0.25, 0.3) is 0 Å². The number of carbonyl (C=O) groups excluding carboxylic acids is 2. The summed E-state index contributed by atoms with van der Waals surface area (Å²) in [7, 11) is 1.79. The Labute approximate surface area is 134 Å². The molecule has 1 saturated heterocycles. The van der Waals surface area contributed by atoms with Crippen molar-refractivity contribution in [2.75, 3.05) is 26.7 Å². The third-order valence-electron chi connectivity index (χ3n) is 4.08. The van der Waals surface area contributed by atoms with E-state index in [0.717, 1.165) is 25.7 Å². The number of likely N-dealkylation sites (tertiary alicyclic amines) is 1. The van der Waals surface area contributed by atoms with E-state index in [1.165, 1.54) is 0 Å². The molecule has 0 aromatic heterocycles. The van der Waals surface area contributed by atoms with Gasteiger partial charge in [-0.2, -0.15) is 0 Å². The summed E-state index contributed by atoms with van der Waals surface area (Å²) in [5, 5.41) is 0. The molecule has 0 aromatic carbocycles. The van der Waals surface area contributed by atoms with Crippen LogP contribution in [0.2, 0.25) is 0 Å². The SMILES string of the molecule is CC(C)C(N)CCN(C)C(=O)CN1CCCCCC1=O.Cl. The molecule has 1 fully saturated rings. The molecular formula is C15H30ClN3O2. The number of amides is 2. The highest BCUT2D eigenvalue weighted by atomic mass is 35.5. The first-order valence-electron chi connectivity index (χ1n) is 7.69. The third-order valence-corrected chi connectivity index (χ3v) is 4.08. The molecule has 0 spiro atoms. The number of hydrogen-bond donors (Lipinski definition) is 1. The molecule has 2 N–H and O–H groups in total. The minimum Gasteiger partial charge on any atom is -0.344 e. The molecule has 0 bridgehead atoms. The zero-order valence-corrected chi connectivity index (χ0v) is 14.3. The number of nitrogens with zero attached hydrogens (tertiary/aromatic N) is 2. The molecule has 2 amide bonds. The van der Waals surface area contributed by atoms with Crippen molar-refractivity contribution in [1.82, 2.24) is 9.80 Å². The predicted molar refractivity (Wildman–Crippen MR) is 87.4 cm³/mol. The topological polar surface area (TPSA) is 66.6 Å². The van der Waals surface area contributed by atoms with Crippen molar-refractivity contribution in [1.29, 1.82) is 0 Å². The number of hydrogen-bond acceptors (Lipinski definition) is 3. The van der Waals surface area contributed by atoms with Crippen molar-refractivity contribution in [3.8, 4) is 0 Å². The van der Waals surface area contributed by atoms with Crippen LogP contribution in [0.15, 0.2) is 0 Å². The molecule has 1 unspecified atom stereocenters. The van der Waals surface area contributed by atoms with Crippen molar-refractivity contribution in [3.05, 3.63) is 0 Å². The molecule has 0 aliphatic carbocycles. The Bertz CT molecular complexity index is 337. The molecule has 1 heterocycles. The lowest BCUT2D eigenvalue weighted by Crippen LogP contribution is -2.42. The summed E-state index contributed by atoms with van der Waals surface area (Å²) in [5.41, 5.74) is 5.99. The highest BCUT2D eigenvalue weighted by Crippen LogP contribution is 2.11. The van der Waals surface area contributed by atoms with Gasteiger partial charge in [0.05, 0.1) is 6.54 Å². The predicted octanol–water partition coefficient (Wildman–Crippen LogP) is 1.64. The van der Waals surface area contributed by atoms with E-state index >= 15 is 0 Å². The first-order chi connectivity index (χ1) is 9.41. The molecule has 0 aromatic rings. The van der Waals surface area contributed by atoms with Gasteiger partial charge < -0.3 is 15.5 Å².